The Kier molecular flexibility index (Phi) is 4.55. The zero-order chi connectivity index (χ0) is 13.5. The van der Waals surface area contributed by atoms with Gasteiger partial charge in [-0.3, -0.25) is 4.79 Å². The molecule has 2 aromatic rings. The van der Waals surface area contributed by atoms with Crippen LogP contribution in [-0.2, 0) is 0 Å². The van der Waals surface area contributed by atoms with Crippen molar-refractivity contribution < 1.29 is 4.79 Å². The molecule has 0 aliphatic carbocycles. The first-order valence-electron chi connectivity index (χ1n) is 6.34. The van der Waals surface area contributed by atoms with Crippen LogP contribution in [0.5, 0.6) is 0 Å². The van der Waals surface area contributed by atoms with Crippen molar-refractivity contribution in [2.45, 2.75) is 13.3 Å². The number of aromatic nitrogens is 2. The molecule has 0 radical (unpaired) electrons. The lowest BCUT2D eigenvalue weighted by molar-refractivity contribution is 0.0949. The number of pyridine rings is 1. The van der Waals surface area contributed by atoms with E-state index in [0.717, 1.165) is 24.3 Å². The van der Waals surface area contributed by atoms with Gasteiger partial charge in [0.05, 0.1) is 0 Å². The van der Waals surface area contributed by atoms with Crippen LogP contribution in [0.4, 0.5) is 5.82 Å². The summed E-state index contributed by atoms with van der Waals surface area (Å²) < 4.78 is 0. The minimum Gasteiger partial charge on any atom is -0.370 e. The number of aromatic amines is 1. The third kappa shape index (κ3) is 4.13. The predicted molar refractivity (Wildman–Crippen MR) is 75.2 cm³/mol. The van der Waals surface area contributed by atoms with E-state index in [2.05, 4.69) is 20.6 Å². The zero-order valence-electron chi connectivity index (χ0n) is 10.9. The Balaban J connectivity index is 1.62. The van der Waals surface area contributed by atoms with E-state index >= 15 is 0 Å². The van der Waals surface area contributed by atoms with E-state index in [1.54, 1.807) is 18.3 Å². The highest BCUT2D eigenvalue weighted by atomic mass is 16.1. The predicted octanol–water partition coefficient (Wildman–Crippen LogP) is 1.95. The number of carbonyl (C=O) groups is 1. The highest BCUT2D eigenvalue weighted by molar-refractivity contribution is 5.92. The summed E-state index contributed by atoms with van der Waals surface area (Å²) in [5.74, 6) is 0.791. The van der Waals surface area contributed by atoms with Gasteiger partial charge in [-0.2, -0.15) is 0 Å². The monoisotopic (exact) mass is 258 g/mol. The molecule has 3 N–H and O–H groups in total. The number of rotatable bonds is 6. The number of H-pyrrole nitrogens is 1. The summed E-state index contributed by atoms with van der Waals surface area (Å²) in [4.78, 5) is 18.7. The number of aryl methyl sites for hydroxylation is 1. The van der Waals surface area contributed by atoms with Crippen LogP contribution in [0.15, 0.2) is 36.7 Å². The van der Waals surface area contributed by atoms with E-state index in [-0.39, 0.29) is 5.91 Å². The molecule has 5 heteroatoms. The molecule has 0 bridgehead atoms. The van der Waals surface area contributed by atoms with Crippen molar-refractivity contribution in [3.05, 3.63) is 47.9 Å². The Labute approximate surface area is 112 Å². The fourth-order valence-electron chi connectivity index (χ4n) is 1.65. The van der Waals surface area contributed by atoms with Crippen molar-refractivity contribution in [3.8, 4) is 0 Å². The topological polar surface area (TPSA) is 69.8 Å². The van der Waals surface area contributed by atoms with Gasteiger partial charge in [0.15, 0.2) is 0 Å². The van der Waals surface area contributed by atoms with Crippen LogP contribution < -0.4 is 10.6 Å². The van der Waals surface area contributed by atoms with E-state index in [1.165, 1.54) is 0 Å². The molecule has 0 fully saturated rings. The number of hydrogen-bond acceptors (Lipinski definition) is 3. The van der Waals surface area contributed by atoms with Gasteiger partial charge in [0.25, 0.3) is 5.91 Å². The molecule has 19 heavy (non-hydrogen) atoms. The molecule has 0 atom stereocenters. The molecular formula is C14H18N4O. The maximum Gasteiger partial charge on any atom is 0.267 e. The van der Waals surface area contributed by atoms with Gasteiger partial charge in [0.1, 0.15) is 11.5 Å². The average molecular weight is 258 g/mol. The van der Waals surface area contributed by atoms with Crippen LogP contribution in [0.25, 0.3) is 0 Å². The molecule has 0 aliphatic rings. The second kappa shape index (κ2) is 6.58. The largest absolute Gasteiger partial charge is 0.370 e. The number of amides is 1. The van der Waals surface area contributed by atoms with Crippen molar-refractivity contribution in [1.82, 2.24) is 15.3 Å². The molecule has 2 heterocycles. The number of hydrogen-bond donors (Lipinski definition) is 3. The third-order valence-electron chi connectivity index (χ3n) is 2.70. The number of anilines is 1. The summed E-state index contributed by atoms with van der Waals surface area (Å²) in [5.41, 5.74) is 1.73. The van der Waals surface area contributed by atoms with Crippen molar-refractivity contribution >= 4 is 11.7 Å². The quantitative estimate of drug-likeness (QED) is 0.694. The summed E-state index contributed by atoms with van der Waals surface area (Å²) in [6.45, 7) is 3.42. The molecule has 100 valence electrons. The van der Waals surface area contributed by atoms with Crippen LogP contribution >= 0.6 is 0 Å². The smallest absolute Gasteiger partial charge is 0.267 e. The van der Waals surface area contributed by atoms with Gasteiger partial charge in [-0.05, 0) is 37.1 Å². The molecule has 0 spiro atoms. The van der Waals surface area contributed by atoms with Gasteiger partial charge < -0.3 is 15.6 Å². The molecule has 5 nitrogen and oxygen atoms in total. The lowest BCUT2D eigenvalue weighted by Crippen LogP contribution is -2.26. The third-order valence-corrected chi connectivity index (χ3v) is 2.70. The van der Waals surface area contributed by atoms with E-state index < -0.39 is 0 Å². The summed E-state index contributed by atoms with van der Waals surface area (Å²) in [6, 6.07) is 7.53. The molecule has 0 aliphatic heterocycles. The summed E-state index contributed by atoms with van der Waals surface area (Å²) >= 11 is 0. The highest BCUT2D eigenvalue weighted by Gasteiger charge is 2.03. The maximum absolute atomic E-state index is 11.6. The Morgan fingerprint density at radius 1 is 1.32 bits per heavy atom. The fraction of sp³-hybridized carbons (Fsp3) is 0.286. The fourth-order valence-corrected chi connectivity index (χ4v) is 1.65. The molecule has 2 aromatic heterocycles. The molecule has 0 unspecified atom stereocenters. The molecule has 0 aromatic carbocycles. The van der Waals surface area contributed by atoms with E-state index in [1.807, 2.05) is 25.3 Å². The lowest BCUT2D eigenvalue weighted by atomic mass is 10.3. The Bertz CT molecular complexity index is 505. The maximum atomic E-state index is 11.6. The number of carbonyl (C=O) groups excluding carboxylic acids is 1. The SMILES string of the molecule is Cc1ccc(NCCCNC(=O)c2ccc[nH]2)nc1. The molecular weight excluding hydrogens is 240 g/mol. The van der Waals surface area contributed by atoms with E-state index in [4.69, 9.17) is 0 Å². The van der Waals surface area contributed by atoms with Gasteiger partial charge in [0.2, 0.25) is 0 Å². The van der Waals surface area contributed by atoms with Gasteiger partial charge >= 0.3 is 0 Å². The normalized spacial score (nSPS) is 10.2. The summed E-state index contributed by atoms with van der Waals surface area (Å²) in [5, 5.41) is 6.06. The van der Waals surface area contributed by atoms with E-state index in [0.29, 0.717) is 12.2 Å². The van der Waals surface area contributed by atoms with Gasteiger partial charge in [-0.1, -0.05) is 6.07 Å². The van der Waals surface area contributed by atoms with Crippen molar-refractivity contribution in [3.63, 3.8) is 0 Å². The Hall–Kier alpha value is -2.30. The number of nitrogens with zero attached hydrogens (tertiary/aromatic N) is 1. The lowest BCUT2D eigenvalue weighted by Gasteiger charge is -2.06. The first kappa shape index (κ1) is 13.1. The Morgan fingerprint density at radius 2 is 2.21 bits per heavy atom. The second-order valence-corrected chi connectivity index (χ2v) is 4.34. The van der Waals surface area contributed by atoms with Crippen LogP contribution in [-0.4, -0.2) is 29.0 Å². The van der Waals surface area contributed by atoms with Crippen molar-refractivity contribution in [1.29, 1.82) is 0 Å². The average Bonchev–Trinajstić information content (AvgIpc) is 2.94. The minimum atomic E-state index is -0.0709. The number of nitrogens with one attached hydrogen (secondary N) is 3. The standard InChI is InChI=1S/C14H18N4O/c1-11-5-6-13(18-10-11)16-8-3-9-17-14(19)12-4-2-7-15-12/h2,4-7,10,15H,3,8-9H2,1H3,(H,16,18)(H,17,19). The van der Waals surface area contributed by atoms with Gasteiger partial charge in [-0.15, -0.1) is 0 Å². The van der Waals surface area contributed by atoms with Gasteiger partial charge in [-0.25, -0.2) is 4.98 Å². The first-order valence-corrected chi connectivity index (χ1v) is 6.34. The van der Waals surface area contributed by atoms with Crippen LogP contribution in [0.3, 0.4) is 0 Å². The highest BCUT2D eigenvalue weighted by Crippen LogP contribution is 2.03. The Morgan fingerprint density at radius 3 is 2.89 bits per heavy atom. The minimum absolute atomic E-state index is 0.0709. The van der Waals surface area contributed by atoms with Crippen LogP contribution in [0.2, 0.25) is 0 Å². The van der Waals surface area contributed by atoms with Crippen LogP contribution in [0, 0.1) is 6.92 Å². The molecule has 0 saturated heterocycles. The van der Waals surface area contributed by atoms with Gasteiger partial charge in [0, 0.05) is 25.5 Å². The van der Waals surface area contributed by atoms with Crippen molar-refractivity contribution in [2.75, 3.05) is 18.4 Å². The van der Waals surface area contributed by atoms with Crippen LogP contribution in [0.1, 0.15) is 22.5 Å². The molecule has 1 amide bonds. The second-order valence-electron chi connectivity index (χ2n) is 4.34. The van der Waals surface area contributed by atoms with Crippen molar-refractivity contribution in [2.24, 2.45) is 0 Å². The molecule has 2 rings (SSSR count). The summed E-state index contributed by atoms with van der Waals surface area (Å²) in [7, 11) is 0. The summed E-state index contributed by atoms with van der Waals surface area (Å²) in [6.07, 6.45) is 4.41. The first-order chi connectivity index (χ1) is 9.25. The van der Waals surface area contributed by atoms with E-state index in [9.17, 15) is 4.79 Å². The zero-order valence-corrected chi connectivity index (χ0v) is 10.9. The molecule has 0 saturated carbocycles.